The van der Waals surface area contributed by atoms with Crippen LogP contribution in [0.25, 0.3) is 0 Å². The molecule has 0 spiro atoms. The standard InChI is InChI=1S/C17H19F2N3O2S/c1-10(11-5-6-12(18)13(19)8-11)22(2)16(23)9-14(21-17(20)24)15-4-3-7-25-15/h3-8,10,14H,9H2,1-2H3,(H3,20,21,24). The summed E-state index contributed by atoms with van der Waals surface area (Å²) in [5.41, 5.74) is 5.66. The summed E-state index contributed by atoms with van der Waals surface area (Å²) in [5, 5.41) is 4.39. The number of nitrogens with zero attached hydrogens (tertiary/aromatic N) is 1. The Morgan fingerprint density at radius 2 is 2.00 bits per heavy atom. The molecule has 0 aliphatic heterocycles. The highest BCUT2D eigenvalue weighted by atomic mass is 32.1. The molecular weight excluding hydrogens is 348 g/mol. The molecule has 0 fully saturated rings. The SMILES string of the molecule is CC(c1ccc(F)c(F)c1)N(C)C(=O)CC(NC(N)=O)c1cccs1. The van der Waals surface area contributed by atoms with Gasteiger partial charge < -0.3 is 16.0 Å². The van der Waals surface area contributed by atoms with E-state index in [4.69, 9.17) is 5.73 Å². The molecule has 0 aliphatic carbocycles. The lowest BCUT2D eigenvalue weighted by atomic mass is 10.1. The smallest absolute Gasteiger partial charge is 0.312 e. The molecule has 2 aromatic rings. The maximum atomic E-state index is 13.4. The first-order valence-electron chi connectivity index (χ1n) is 7.59. The van der Waals surface area contributed by atoms with E-state index in [0.29, 0.717) is 5.56 Å². The normalized spacial score (nSPS) is 13.1. The summed E-state index contributed by atoms with van der Waals surface area (Å²) in [5.74, 6) is -2.16. The van der Waals surface area contributed by atoms with Crippen molar-refractivity contribution in [2.45, 2.75) is 25.4 Å². The first-order chi connectivity index (χ1) is 11.8. The number of primary amides is 1. The van der Waals surface area contributed by atoms with Crippen LogP contribution in [0.3, 0.4) is 0 Å². The monoisotopic (exact) mass is 367 g/mol. The molecule has 3 amide bonds. The molecule has 134 valence electrons. The first kappa shape index (κ1) is 18.9. The third-order valence-electron chi connectivity index (χ3n) is 3.98. The van der Waals surface area contributed by atoms with E-state index >= 15 is 0 Å². The fraction of sp³-hybridized carbons (Fsp3) is 0.294. The second-order valence-electron chi connectivity index (χ2n) is 5.63. The number of thiophene rings is 1. The Morgan fingerprint density at radius 1 is 1.28 bits per heavy atom. The highest BCUT2D eigenvalue weighted by Crippen LogP contribution is 2.26. The third kappa shape index (κ3) is 4.76. The third-order valence-corrected chi connectivity index (χ3v) is 4.97. The molecule has 0 aliphatic rings. The number of hydrogen-bond acceptors (Lipinski definition) is 3. The number of benzene rings is 1. The van der Waals surface area contributed by atoms with E-state index in [1.807, 2.05) is 11.4 Å². The second kappa shape index (κ2) is 8.06. The van der Waals surface area contributed by atoms with Gasteiger partial charge in [-0.2, -0.15) is 0 Å². The van der Waals surface area contributed by atoms with Gasteiger partial charge in [-0.15, -0.1) is 11.3 Å². The average Bonchev–Trinajstić information content (AvgIpc) is 3.09. The number of urea groups is 1. The quantitative estimate of drug-likeness (QED) is 0.822. The Bertz CT molecular complexity index is 752. The Hall–Kier alpha value is -2.48. The zero-order valence-corrected chi connectivity index (χ0v) is 14.6. The average molecular weight is 367 g/mol. The molecule has 3 N–H and O–H groups in total. The molecule has 8 heteroatoms. The summed E-state index contributed by atoms with van der Waals surface area (Å²) in [6.07, 6.45) is 0.00791. The molecule has 0 saturated carbocycles. The highest BCUT2D eigenvalue weighted by Gasteiger charge is 2.24. The van der Waals surface area contributed by atoms with E-state index in [0.717, 1.165) is 17.0 Å². The molecule has 5 nitrogen and oxygen atoms in total. The maximum absolute atomic E-state index is 13.4. The van der Waals surface area contributed by atoms with Crippen LogP contribution in [0, 0.1) is 11.6 Å². The van der Waals surface area contributed by atoms with Gasteiger partial charge in [-0.25, -0.2) is 13.6 Å². The predicted molar refractivity (Wildman–Crippen MR) is 91.9 cm³/mol. The summed E-state index contributed by atoms with van der Waals surface area (Å²) in [4.78, 5) is 26.0. The van der Waals surface area contributed by atoms with Crippen molar-refractivity contribution < 1.29 is 18.4 Å². The Labute approximate surface area is 148 Å². The minimum Gasteiger partial charge on any atom is -0.352 e. The summed E-state index contributed by atoms with van der Waals surface area (Å²) < 4.78 is 26.5. The Kier molecular flexibility index (Phi) is 6.08. The van der Waals surface area contributed by atoms with Crippen molar-refractivity contribution in [3.63, 3.8) is 0 Å². The summed E-state index contributed by atoms with van der Waals surface area (Å²) in [6, 6.07) is 5.44. The predicted octanol–water partition coefficient (Wildman–Crippen LogP) is 3.35. The number of nitrogens with one attached hydrogen (secondary N) is 1. The van der Waals surface area contributed by atoms with Crippen LogP contribution in [-0.4, -0.2) is 23.9 Å². The topological polar surface area (TPSA) is 75.4 Å². The van der Waals surface area contributed by atoms with Crippen LogP contribution in [-0.2, 0) is 4.79 Å². The lowest BCUT2D eigenvalue weighted by Crippen LogP contribution is -2.37. The number of carbonyl (C=O) groups is 2. The first-order valence-corrected chi connectivity index (χ1v) is 8.47. The zero-order chi connectivity index (χ0) is 18.6. The number of amides is 3. The minimum atomic E-state index is -0.961. The van der Waals surface area contributed by atoms with Gasteiger partial charge in [0.2, 0.25) is 5.91 Å². The minimum absolute atomic E-state index is 0.00791. The number of carbonyl (C=O) groups excluding carboxylic acids is 2. The van der Waals surface area contributed by atoms with Crippen LogP contribution in [0.4, 0.5) is 13.6 Å². The molecule has 1 heterocycles. The maximum Gasteiger partial charge on any atom is 0.312 e. The number of halogens is 2. The summed E-state index contributed by atoms with van der Waals surface area (Å²) in [7, 11) is 1.57. The van der Waals surface area contributed by atoms with Gasteiger partial charge in [0.15, 0.2) is 11.6 Å². The van der Waals surface area contributed by atoms with E-state index in [-0.39, 0.29) is 12.3 Å². The van der Waals surface area contributed by atoms with Crippen LogP contribution in [0.5, 0.6) is 0 Å². The zero-order valence-electron chi connectivity index (χ0n) is 13.8. The van der Waals surface area contributed by atoms with Crippen LogP contribution in [0.1, 0.15) is 35.9 Å². The molecule has 0 bridgehead atoms. The second-order valence-corrected chi connectivity index (χ2v) is 6.61. The molecule has 1 aromatic carbocycles. The molecule has 2 rings (SSSR count). The molecule has 2 unspecified atom stereocenters. The number of rotatable bonds is 6. The lowest BCUT2D eigenvalue weighted by Gasteiger charge is -2.27. The van der Waals surface area contributed by atoms with Crippen molar-refractivity contribution in [1.29, 1.82) is 0 Å². The van der Waals surface area contributed by atoms with Crippen LogP contribution in [0.2, 0.25) is 0 Å². The van der Waals surface area contributed by atoms with E-state index in [1.54, 1.807) is 20.0 Å². The lowest BCUT2D eigenvalue weighted by molar-refractivity contribution is -0.132. The van der Waals surface area contributed by atoms with Crippen LogP contribution >= 0.6 is 11.3 Å². The van der Waals surface area contributed by atoms with Gasteiger partial charge in [-0.3, -0.25) is 4.79 Å². The summed E-state index contributed by atoms with van der Waals surface area (Å²) in [6.45, 7) is 1.71. The van der Waals surface area contributed by atoms with Gasteiger partial charge in [-0.05, 0) is 36.1 Å². The van der Waals surface area contributed by atoms with E-state index in [1.165, 1.54) is 22.3 Å². The molecule has 0 saturated heterocycles. The van der Waals surface area contributed by atoms with Crippen LogP contribution < -0.4 is 11.1 Å². The van der Waals surface area contributed by atoms with Gasteiger partial charge in [0.1, 0.15) is 0 Å². The Morgan fingerprint density at radius 3 is 2.56 bits per heavy atom. The van der Waals surface area contributed by atoms with E-state index in [2.05, 4.69) is 5.32 Å². The van der Waals surface area contributed by atoms with Gasteiger partial charge in [0, 0.05) is 11.9 Å². The number of hydrogen-bond donors (Lipinski definition) is 2. The fourth-order valence-electron chi connectivity index (χ4n) is 2.41. The van der Waals surface area contributed by atoms with Crippen molar-refractivity contribution in [3.05, 3.63) is 57.8 Å². The summed E-state index contributed by atoms with van der Waals surface area (Å²) >= 11 is 1.40. The van der Waals surface area contributed by atoms with Gasteiger partial charge >= 0.3 is 6.03 Å². The van der Waals surface area contributed by atoms with Gasteiger partial charge in [0.05, 0.1) is 18.5 Å². The van der Waals surface area contributed by atoms with Gasteiger partial charge in [-0.1, -0.05) is 12.1 Å². The van der Waals surface area contributed by atoms with Crippen LogP contribution in [0.15, 0.2) is 35.7 Å². The van der Waals surface area contributed by atoms with Crippen molar-refractivity contribution in [2.75, 3.05) is 7.05 Å². The van der Waals surface area contributed by atoms with Gasteiger partial charge in [0.25, 0.3) is 0 Å². The number of nitrogens with two attached hydrogens (primary N) is 1. The Balaban J connectivity index is 2.11. The molecule has 2 atom stereocenters. The van der Waals surface area contributed by atoms with E-state index in [9.17, 15) is 18.4 Å². The largest absolute Gasteiger partial charge is 0.352 e. The fourth-order valence-corrected chi connectivity index (χ4v) is 3.19. The van der Waals surface area contributed by atoms with Crippen molar-refractivity contribution in [3.8, 4) is 0 Å². The molecular formula is C17H19F2N3O2S. The van der Waals surface area contributed by atoms with E-state index < -0.39 is 29.7 Å². The van der Waals surface area contributed by atoms with Crippen molar-refractivity contribution in [1.82, 2.24) is 10.2 Å². The molecule has 1 aromatic heterocycles. The highest BCUT2D eigenvalue weighted by molar-refractivity contribution is 7.10. The van der Waals surface area contributed by atoms with Crippen molar-refractivity contribution >= 4 is 23.3 Å². The molecule has 25 heavy (non-hydrogen) atoms. The molecule has 0 radical (unpaired) electrons. The van der Waals surface area contributed by atoms with Crippen molar-refractivity contribution in [2.24, 2.45) is 5.73 Å².